The normalized spacial score (nSPS) is 10.1. The standard InChI is InChI=1S/C15H18N2O/c1-3-18-14-8-4-7-13(10-14)17-11-15-12(2)6-5-9-16-15/h4-10,17H,3,11H2,1-2H3. The van der Waals surface area contributed by atoms with Gasteiger partial charge in [0.15, 0.2) is 0 Å². The molecular formula is C15H18N2O. The minimum Gasteiger partial charge on any atom is -0.494 e. The van der Waals surface area contributed by atoms with Gasteiger partial charge in [-0.1, -0.05) is 12.1 Å². The second kappa shape index (κ2) is 6.05. The average Bonchev–Trinajstić information content (AvgIpc) is 2.39. The van der Waals surface area contributed by atoms with Crippen molar-refractivity contribution in [3.8, 4) is 5.75 Å². The summed E-state index contributed by atoms with van der Waals surface area (Å²) in [4.78, 5) is 4.36. The number of aromatic nitrogens is 1. The number of ether oxygens (including phenoxy) is 1. The summed E-state index contributed by atoms with van der Waals surface area (Å²) in [5, 5.41) is 3.36. The van der Waals surface area contributed by atoms with Gasteiger partial charge in [-0.25, -0.2) is 0 Å². The molecule has 0 radical (unpaired) electrons. The lowest BCUT2D eigenvalue weighted by atomic mass is 10.2. The van der Waals surface area contributed by atoms with E-state index < -0.39 is 0 Å². The van der Waals surface area contributed by atoms with Crippen LogP contribution in [0.15, 0.2) is 42.6 Å². The third-order valence-electron chi connectivity index (χ3n) is 2.72. The molecule has 1 aromatic heterocycles. The fraction of sp³-hybridized carbons (Fsp3) is 0.267. The van der Waals surface area contributed by atoms with Crippen molar-refractivity contribution in [3.05, 3.63) is 53.9 Å². The van der Waals surface area contributed by atoms with Crippen molar-refractivity contribution in [1.29, 1.82) is 0 Å². The van der Waals surface area contributed by atoms with E-state index >= 15 is 0 Å². The van der Waals surface area contributed by atoms with Gasteiger partial charge in [0.2, 0.25) is 0 Å². The van der Waals surface area contributed by atoms with Gasteiger partial charge in [0, 0.05) is 18.0 Å². The van der Waals surface area contributed by atoms with Gasteiger partial charge in [-0.05, 0) is 37.6 Å². The maximum Gasteiger partial charge on any atom is 0.121 e. The summed E-state index contributed by atoms with van der Waals surface area (Å²) in [7, 11) is 0. The highest BCUT2D eigenvalue weighted by Gasteiger charge is 2.00. The molecule has 0 aliphatic rings. The number of rotatable bonds is 5. The Hall–Kier alpha value is -2.03. The van der Waals surface area contributed by atoms with Crippen molar-refractivity contribution in [3.63, 3.8) is 0 Å². The van der Waals surface area contributed by atoms with E-state index in [9.17, 15) is 0 Å². The number of nitrogens with one attached hydrogen (secondary N) is 1. The van der Waals surface area contributed by atoms with Gasteiger partial charge in [-0.3, -0.25) is 4.98 Å². The quantitative estimate of drug-likeness (QED) is 0.872. The van der Waals surface area contributed by atoms with Crippen LogP contribution in [0.25, 0.3) is 0 Å². The molecule has 0 spiro atoms. The molecule has 0 atom stereocenters. The summed E-state index contributed by atoms with van der Waals surface area (Å²) in [5.41, 5.74) is 3.32. The van der Waals surface area contributed by atoms with Crippen molar-refractivity contribution in [2.75, 3.05) is 11.9 Å². The molecule has 1 N–H and O–H groups in total. The van der Waals surface area contributed by atoms with Crippen LogP contribution < -0.4 is 10.1 Å². The largest absolute Gasteiger partial charge is 0.494 e. The third-order valence-corrected chi connectivity index (χ3v) is 2.72. The van der Waals surface area contributed by atoms with E-state index in [1.807, 2.05) is 43.5 Å². The van der Waals surface area contributed by atoms with Gasteiger partial charge in [0.25, 0.3) is 0 Å². The maximum atomic E-state index is 5.47. The van der Waals surface area contributed by atoms with Crippen LogP contribution in [0.1, 0.15) is 18.2 Å². The van der Waals surface area contributed by atoms with Gasteiger partial charge in [-0.15, -0.1) is 0 Å². The second-order valence-electron chi connectivity index (χ2n) is 4.08. The highest BCUT2D eigenvalue weighted by molar-refractivity contribution is 5.48. The maximum absolute atomic E-state index is 5.47. The number of nitrogens with zero attached hydrogens (tertiary/aromatic N) is 1. The summed E-state index contributed by atoms with van der Waals surface area (Å²) in [5.74, 6) is 0.889. The summed E-state index contributed by atoms with van der Waals surface area (Å²) >= 11 is 0. The average molecular weight is 242 g/mol. The van der Waals surface area contributed by atoms with Crippen molar-refractivity contribution in [2.45, 2.75) is 20.4 Å². The van der Waals surface area contributed by atoms with E-state index in [2.05, 4.69) is 23.3 Å². The molecule has 0 aliphatic heterocycles. The Bertz CT molecular complexity index is 511. The topological polar surface area (TPSA) is 34.1 Å². The van der Waals surface area contributed by atoms with E-state index in [4.69, 9.17) is 4.74 Å². The first kappa shape index (κ1) is 12.4. The second-order valence-corrected chi connectivity index (χ2v) is 4.08. The highest BCUT2D eigenvalue weighted by Crippen LogP contribution is 2.18. The molecule has 3 nitrogen and oxygen atoms in total. The lowest BCUT2D eigenvalue weighted by molar-refractivity contribution is 0.340. The lowest BCUT2D eigenvalue weighted by Crippen LogP contribution is -2.03. The minimum absolute atomic E-state index is 0.683. The molecule has 18 heavy (non-hydrogen) atoms. The number of hydrogen-bond donors (Lipinski definition) is 1. The third kappa shape index (κ3) is 3.23. The molecule has 1 aromatic carbocycles. The Labute approximate surface area is 108 Å². The molecule has 2 aromatic rings. The zero-order valence-corrected chi connectivity index (χ0v) is 10.8. The van der Waals surface area contributed by atoms with Gasteiger partial charge >= 0.3 is 0 Å². The van der Waals surface area contributed by atoms with E-state index in [0.29, 0.717) is 6.61 Å². The van der Waals surface area contributed by atoms with Crippen LogP contribution in [0.2, 0.25) is 0 Å². The number of anilines is 1. The molecule has 2 rings (SSSR count). The molecule has 0 aliphatic carbocycles. The number of pyridine rings is 1. The Balaban J connectivity index is 2.02. The Morgan fingerprint density at radius 3 is 2.89 bits per heavy atom. The van der Waals surface area contributed by atoms with Crippen LogP contribution in [0.3, 0.4) is 0 Å². The molecule has 0 fully saturated rings. The first-order valence-electron chi connectivity index (χ1n) is 6.17. The molecule has 0 bridgehead atoms. The van der Waals surface area contributed by atoms with Crippen LogP contribution in [-0.2, 0) is 6.54 Å². The van der Waals surface area contributed by atoms with Crippen molar-refractivity contribution in [1.82, 2.24) is 4.98 Å². The zero-order valence-electron chi connectivity index (χ0n) is 10.8. The molecular weight excluding hydrogens is 224 g/mol. The minimum atomic E-state index is 0.683. The Morgan fingerprint density at radius 1 is 1.22 bits per heavy atom. The first-order valence-corrected chi connectivity index (χ1v) is 6.17. The summed E-state index contributed by atoms with van der Waals surface area (Å²) < 4.78 is 5.47. The smallest absolute Gasteiger partial charge is 0.121 e. The molecule has 0 amide bonds. The van der Waals surface area contributed by atoms with Crippen LogP contribution in [0.5, 0.6) is 5.75 Å². The van der Waals surface area contributed by atoms with Crippen LogP contribution in [0.4, 0.5) is 5.69 Å². The predicted molar refractivity (Wildman–Crippen MR) is 73.9 cm³/mol. The number of aryl methyl sites for hydroxylation is 1. The van der Waals surface area contributed by atoms with Crippen molar-refractivity contribution in [2.24, 2.45) is 0 Å². The number of benzene rings is 1. The molecule has 0 saturated carbocycles. The number of hydrogen-bond acceptors (Lipinski definition) is 3. The van der Waals surface area contributed by atoms with Crippen molar-refractivity contribution >= 4 is 5.69 Å². The molecule has 0 unspecified atom stereocenters. The Kier molecular flexibility index (Phi) is 4.18. The predicted octanol–water partition coefficient (Wildman–Crippen LogP) is 3.40. The fourth-order valence-electron chi connectivity index (χ4n) is 1.75. The molecule has 0 saturated heterocycles. The SMILES string of the molecule is CCOc1cccc(NCc2ncccc2C)c1. The summed E-state index contributed by atoms with van der Waals surface area (Å²) in [6.07, 6.45) is 1.82. The van der Waals surface area contributed by atoms with Gasteiger partial charge in [0.1, 0.15) is 5.75 Å². The first-order chi connectivity index (χ1) is 8.79. The monoisotopic (exact) mass is 242 g/mol. The molecule has 1 heterocycles. The van der Waals surface area contributed by atoms with Crippen LogP contribution in [0, 0.1) is 6.92 Å². The highest BCUT2D eigenvalue weighted by atomic mass is 16.5. The van der Waals surface area contributed by atoms with Crippen molar-refractivity contribution < 1.29 is 4.74 Å². The Morgan fingerprint density at radius 2 is 2.11 bits per heavy atom. The van der Waals surface area contributed by atoms with E-state index in [-0.39, 0.29) is 0 Å². The van der Waals surface area contributed by atoms with Gasteiger partial charge < -0.3 is 10.1 Å². The van der Waals surface area contributed by atoms with Gasteiger partial charge in [0.05, 0.1) is 18.8 Å². The summed E-state index contributed by atoms with van der Waals surface area (Å²) in [6.45, 7) is 5.46. The zero-order chi connectivity index (χ0) is 12.8. The van der Waals surface area contributed by atoms with E-state index in [1.165, 1.54) is 5.56 Å². The fourth-order valence-corrected chi connectivity index (χ4v) is 1.75. The molecule has 3 heteroatoms. The van der Waals surface area contributed by atoms with Crippen LogP contribution in [-0.4, -0.2) is 11.6 Å². The van der Waals surface area contributed by atoms with E-state index in [1.54, 1.807) is 0 Å². The molecule has 94 valence electrons. The van der Waals surface area contributed by atoms with E-state index in [0.717, 1.165) is 23.7 Å². The lowest BCUT2D eigenvalue weighted by Gasteiger charge is -2.09. The van der Waals surface area contributed by atoms with Crippen LogP contribution >= 0.6 is 0 Å². The van der Waals surface area contributed by atoms with Gasteiger partial charge in [-0.2, -0.15) is 0 Å². The summed E-state index contributed by atoms with van der Waals surface area (Å²) in [6, 6.07) is 12.0.